The minimum absolute atomic E-state index is 0.0266. The van der Waals surface area contributed by atoms with E-state index in [4.69, 9.17) is 11.5 Å². The number of para-hydroxylation sites is 1. The number of aliphatic carboxylic acids is 2. The number of nitrogens with one attached hydrogen (secondary N) is 6. The molecule has 2 aromatic rings. The maximum atomic E-state index is 13.8. The van der Waals surface area contributed by atoms with E-state index in [2.05, 4.69) is 31.6 Å². The van der Waals surface area contributed by atoms with Crippen molar-refractivity contribution in [3.8, 4) is 0 Å². The zero-order valence-electron chi connectivity index (χ0n) is 31.6. The molecule has 0 radical (unpaired) electrons. The third kappa shape index (κ3) is 15.0. The fraction of sp³-hybridized carbons (Fsp3) is 0.556. The lowest BCUT2D eigenvalue weighted by Crippen LogP contribution is -2.61. The van der Waals surface area contributed by atoms with Gasteiger partial charge in [0.15, 0.2) is 0 Å². The quantitative estimate of drug-likeness (QED) is 0.0632. The van der Waals surface area contributed by atoms with Gasteiger partial charge in [-0.25, -0.2) is 4.79 Å². The largest absolute Gasteiger partial charge is 0.481 e. The van der Waals surface area contributed by atoms with Gasteiger partial charge in [0.1, 0.15) is 30.2 Å². The number of aliphatic hydroxyl groups excluding tert-OH is 1. The molecule has 0 fully saturated rings. The van der Waals surface area contributed by atoms with E-state index in [1.54, 1.807) is 32.2 Å². The van der Waals surface area contributed by atoms with Gasteiger partial charge in [0, 0.05) is 29.9 Å². The number of fused-ring (bicyclic) bond motifs is 1. The third-order valence-corrected chi connectivity index (χ3v) is 8.50. The highest BCUT2D eigenvalue weighted by Crippen LogP contribution is 2.19. The summed E-state index contributed by atoms with van der Waals surface area (Å²) in [5, 5.41) is 42.2. The van der Waals surface area contributed by atoms with Gasteiger partial charge < -0.3 is 58.4 Å². The van der Waals surface area contributed by atoms with E-state index >= 15 is 0 Å². The molecular formula is C36H54N8O11. The van der Waals surface area contributed by atoms with Crippen LogP contribution in [0.15, 0.2) is 30.5 Å². The van der Waals surface area contributed by atoms with Crippen LogP contribution in [0.1, 0.15) is 72.3 Å². The van der Waals surface area contributed by atoms with Crippen molar-refractivity contribution in [1.82, 2.24) is 31.6 Å². The number of aromatic nitrogens is 1. The molecule has 0 aliphatic rings. The average molecular weight is 775 g/mol. The van der Waals surface area contributed by atoms with Gasteiger partial charge in [-0.2, -0.15) is 0 Å². The number of benzene rings is 1. The molecule has 304 valence electrons. The molecule has 0 aliphatic carbocycles. The van der Waals surface area contributed by atoms with Crippen LogP contribution < -0.4 is 38.1 Å². The maximum absolute atomic E-state index is 13.8. The highest BCUT2D eigenvalue weighted by molar-refractivity contribution is 5.98. The molecule has 1 aromatic heterocycles. The summed E-state index contributed by atoms with van der Waals surface area (Å²) in [7, 11) is 0. The summed E-state index contributed by atoms with van der Waals surface area (Å²) in [6.45, 7) is 8.33. The molecule has 19 heteroatoms. The standard InChI is InChI=1S/C36H54N8O11/c1-17(2)12-22(37)31(49)41-25(14-20-16-39-23-9-7-6-8-21(20)23)34(52)44-30(19(5)45)35(53)42-26(15-29(47)48)33(51)40-24(10-11-28(38)46)32(50)43-27(36(54)55)13-18(3)4/h6-9,16-19,22,24-27,30,39,45H,10-15,37H2,1-5H3,(H2,38,46)(H,40,51)(H,41,49)(H,42,53)(H,43,50)(H,44,52)(H,47,48)(H,54,55)/t19-,22+,24+,25+,26+,27+,30+/m1/s1. The van der Waals surface area contributed by atoms with E-state index in [0.29, 0.717) is 12.0 Å². The van der Waals surface area contributed by atoms with Crippen LogP contribution in [0, 0.1) is 11.8 Å². The van der Waals surface area contributed by atoms with Gasteiger partial charge in [-0.15, -0.1) is 0 Å². The van der Waals surface area contributed by atoms with Crippen molar-refractivity contribution in [2.24, 2.45) is 23.3 Å². The minimum atomic E-state index is -1.89. The summed E-state index contributed by atoms with van der Waals surface area (Å²) >= 11 is 0. The monoisotopic (exact) mass is 774 g/mol. The molecule has 2 rings (SSSR count). The second kappa shape index (κ2) is 21.4. The van der Waals surface area contributed by atoms with E-state index in [-0.39, 0.29) is 24.7 Å². The third-order valence-electron chi connectivity index (χ3n) is 8.50. The lowest BCUT2D eigenvalue weighted by molar-refractivity contribution is -0.144. The second-order valence-corrected chi connectivity index (χ2v) is 14.3. The molecule has 1 heterocycles. The van der Waals surface area contributed by atoms with Gasteiger partial charge in [0.25, 0.3) is 0 Å². The summed E-state index contributed by atoms with van der Waals surface area (Å²) in [6.07, 6.45) is -1.55. The fourth-order valence-corrected chi connectivity index (χ4v) is 5.72. The first kappa shape index (κ1) is 45.6. The van der Waals surface area contributed by atoms with E-state index in [9.17, 15) is 53.7 Å². The predicted molar refractivity (Wildman–Crippen MR) is 199 cm³/mol. The van der Waals surface area contributed by atoms with Crippen LogP contribution in [-0.4, -0.2) is 110 Å². The molecule has 7 atom stereocenters. The Labute approximate surface area is 318 Å². The molecule has 0 aliphatic heterocycles. The van der Waals surface area contributed by atoms with Crippen LogP contribution >= 0.6 is 0 Å². The van der Waals surface area contributed by atoms with Crippen molar-refractivity contribution >= 4 is 58.3 Å². The first-order chi connectivity index (χ1) is 25.7. The normalized spacial score (nSPS) is 15.1. The molecule has 0 saturated carbocycles. The molecule has 1 aromatic carbocycles. The number of carboxylic acids is 2. The van der Waals surface area contributed by atoms with Crippen LogP contribution in [0.2, 0.25) is 0 Å². The van der Waals surface area contributed by atoms with Crippen molar-refractivity contribution in [1.29, 1.82) is 0 Å². The van der Waals surface area contributed by atoms with Crippen molar-refractivity contribution in [3.05, 3.63) is 36.0 Å². The Kier molecular flexibility index (Phi) is 17.7. The van der Waals surface area contributed by atoms with Gasteiger partial charge in [-0.1, -0.05) is 45.9 Å². The zero-order valence-corrected chi connectivity index (χ0v) is 31.6. The average Bonchev–Trinajstić information content (AvgIpc) is 3.49. The first-order valence-corrected chi connectivity index (χ1v) is 17.9. The van der Waals surface area contributed by atoms with Gasteiger partial charge >= 0.3 is 11.9 Å². The number of aliphatic hydroxyl groups is 1. The highest BCUT2D eigenvalue weighted by atomic mass is 16.4. The second-order valence-electron chi connectivity index (χ2n) is 14.3. The molecule has 13 N–H and O–H groups in total. The topological polar surface area (TPSA) is 325 Å². The molecule has 0 unspecified atom stereocenters. The molecule has 55 heavy (non-hydrogen) atoms. The fourth-order valence-electron chi connectivity index (χ4n) is 5.72. The number of carboxylic acid groups (broad SMARTS) is 2. The molecule has 0 bridgehead atoms. The summed E-state index contributed by atoms with van der Waals surface area (Å²) in [5.74, 6) is -8.82. The van der Waals surface area contributed by atoms with Gasteiger partial charge in [0.2, 0.25) is 35.4 Å². The highest BCUT2D eigenvalue weighted by Gasteiger charge is 2.35. The van der Waals surface area contributed by atoms with E-state index in [1.807, 2.05) is 26.0 Å². The summed E-state index contributed by atoms with van der Waals surface area (Å²) < 4.78 is 0. The van der Waals surface area contributed by atoms with E-state index in [0.717, 1.165) is 17.8 Å². The Hall–Kier alpha value is -5.56. The molecule has 0 spiro atoms. The number of H-pyrrole nitrogens is 1. The van der Waals surface area contributed by atoms with Crippen LogP contribution in [0.4, 0.5) is 0 Å². The number of amides is 6. The van der Waals surface area contributed by atoms with Crippen LogP contribution in [-0.2, 0) is 44.8 Å². The number of hydrogen-bond donors (Lipinski definition) is 11. The summed E-state index contributed by atoms with van der Waals surface area (Å²) in [6, 6.07) is -1.69. The van der Waals surface area contributed by atoms with Crippen molar-refractivity contribution in [3.63, 3.8) is 0 Å². The minimum Gasteiger partial charge on any atom is -0.481 e. The number of carbonyl (C=O) groups is 8. The van der Waals surface area contributed by atoms with Crippen LogP contribution in [0.5, 0.6) is 0 Å². The smallest absolute Gasteiger partial charge is 0.326 e. The summed E-state index contributed by atoms with van der Waals surface area (Å²) in [5.41, 5.74) is 12.7. The van der Waals surface area contributed by atoms with Crippen LogP contribution in [0.3, 0.4) is 0 Å². The SMILES string of the molecule is CC(C)C[C@H](NC(=O)[C@H](CCC(N)=O)NC(=O)[C@H](CC(=O)O)NC(=O)[C@@H](NC(=O)[C@H](Cc1c[nH]c2ccccc12)NC(=O)[C@@H](N)CC(C)C)[C@@H](C)O)C(=O)O. The Morgan fingerprint density at radius 2 is 1.25 bits per heavy atom. The lowest BCUT2D eigenvalue weighted by atomic mass is 10.0. The Bertz CT molecular complexity index is 1690. The molecule has 0 saturated heterocycles. The zero-order chi connectivity index (χ0) is 41.6. The Balaban J connectivity index is 2.35. The number of carbonyl (C=O) groups excluding carboxylic acids is 6. The summed E-state index contributed by atoms with van der Waals surface area (Å²) in [4.78, 5) is 105. The van der Waals surface area contributed by atoms with E-state index < -0.39 is 109 Å². The number of hydrogen-bond acceptors (Lipinski definition) is 10. The van der Waals surface area contributed by atoms with Crippen molar-refractivity contribution < 1.29 is 53.7 Å². The van der Waals surface area contributed by atoms with Gasteiger partial charge in [0.05, 0.1) is 18.6 Å². The maximum Gasteiger partial charge on any atom is 0.326 e. The Morgan fingerprint density at radius 3 is 1.82 bits per heavy atom. The van der Waals surface area contributed by atoms with Gasteiger partial charge in [-0.05, 0) is 49.7 Å². The number of primary amides is 1. The Morgan fingerprint density at radius 1 is 0.709 bits per heavy atom. The predicted octanol–water partition coefficient (Wildman–Crippen LogP) is -1.24. The number of rotatable bonds is 23. The van der Waals surface area contributed by atoms with Crippen LogP contribution in [0.25, 0.3) is 10.9 Å². The molecule has 6 amide bonds. The number of aromatic amines is 1. The van der Waals surface area contributed by atoms with E-state index in [1.165, 1.54) is 0 Å². The van der Waals surface area contributed by atoms with Gasteiger partial charge in [-0.3, -0.25) is 33.6 Å². The first-order valence-electron chi connectivity index (χ1n) is 17.9. The molecule has 19 nitrogen and oxygen atoms in total. The van der Waals surface area contributed by atoms with Crippen molar-refractivity contribution in [2.75, 3.05) is 0 Å². The lowest BCUT2D eigenvalue weighted by Gasteiger charge is -2.28. The number of nitrogens with two attached hydrogens (primary N) is 2. The van der Waals surface area contributed by atoms with Crippen molar-refractivity contribution in [2.45, 2.75) is 115 Å². The molecular weight excluding hydrogens is 720 g/mol.